The average Bonchev–Trinajstić information content (AvgIpc) is 2.47. The maximum atomic E-state index is 12.1. The van der Waals surface area contributed by atoms with Gasteiger partial charge in [-0.3, -0.25) is 0 Å². The first kappa shape index (κ1) is 12.9. The first-order chi connectivity index (χ1) is 9.74. The van der Waals surface area contributed by atoms with Gasteiger partial charge >= 0.3 is 123 Å². The van der Waals surface area contributed by atoms with E-state index in [-0.39, 0.29) is 20.7 Å². The predicted octanol–water partition coefficient (Wildman–Crippen LogP) is 3.01. The Bertz CT molecular complexity index is 877. The monoisotopic (exact) mass is 325 g/mol. The number of rotatable bonds is 2. The van der Waals surface area contributed by atoms with Crippen LogP contribution < -0.4 is 4.46 Å². The zero-order valence-corrected chi connectivity index (χ0v) is 12.6. The summed E-state index contributed by atoms with van der Waals surface area (Å²) in [5.41, 5.74) is 0.709. The van der Waals surface area contributed by atoms with E-state index in [0.717, 1.165) is 26.0 Å². The second-order valence-electron chi connectivity index (χ2n) is 4.54. The number of hydrogen-bond acceptors (Lipinski definition) is 2. The van der Waals surface area contributed by atoms with E-state index in [4.69, 9.17) is 5.26 Å². The molecule has 0 fully saturated rings. The molecule has 0 heterocycles. The third-order valence-corrected chi connectivity index (χ3v) is 4.89. The van der Waals surface area contributed by atoms with Gasteiger partial charge in [0, 0.05) is 0 Å². The Balaban J connectivity index is 2.62. The maximum absolute atomic E-state index is 12.1. The van der Waals surface area contributed by atoms with Crippen LogP contribution in [0.25, 0.3) is 21.5 Å². The molecular formula is C17H11NOSe. The summed E-state index contributed by atoms with van der Waals surface area (Å²) in [7, 11) is 0. The molecule has 0 N–H and O–H groups in total. The van der Waals surface area contributed by atoms with Gasteiger partial charge in [-0.15, -0.1) is 0 Å². The summed E-state index contributed by atoms with van der Waals surface area (Å²) in [5, 5.41) is 13.3. The van der Waals surface area contributed by atoms with E-state index in [1.54, 1.807) is 6.92 Å². The number of fused-ring (bicyclic) bond motifs is 3. The molecule has 0 radical (unpaired) electrons. The Kier molecular flexibility index (Phi) is 3.28. The van der Waals surface area contributed by atoms with Crippen LogP contribution in [0.1, 0.15) is 17.3 Å². The molecule has 0 saturated heterocycles. The zero-order chi connectivity index (χ0) is 14.1. The summed E-state index contributed by atoms with van der Waals surface area (Å²) < 4.78 is 0.904. The van der Waals surface area contributed by atoms with Gasteiger partial charge in [-0.1, -0.05) is 0 Å². The summed E-state index contributed by atoms with van der Waals surface area (Å²) in [6.07, 6.45) is 0. The van der Waals surface area contributed by atoms with Crippen LogP contribution >= 0.6 is 0 Å². The fourth-order valence-electron chi connectivity index (χ4n) is 2.61. The number of carbonyl (C=O) groups excluding carboxylic acids is 1. The fraction of sp³-hybridized carbons (Fsp3) is 0.0588. The topological polar surface area (TPSA) is 40.9 Å². The number of benzene rings is 3. The second kappa shape index (κ2) is 5.09. The fourth-order valence-corrected chi connectivity index (χ4v) is 4.15. The van der Waals surface area contributed by atoms with Gasteiger partial charge in [0.2, 0.25) is 0 Å². The molecule has 96 valence electrons. The second-order valence-corrected chi connectivity index (χ2v) is 6.21. The van der Waals surface area contributed by atoms with E-state index in [1.807, 2.05) is 42.5 Å². The van der Waals surface area contributed by atoms with Gasteiger partial charge in [0.1, 0.15) is 0 Å². The molecule has 0 saturated carbocycles. The van der Waals surface area contributed by atoms with Gasteiger partial charge < -0.3 is 0 Å². The van der Waals surface area contributed by atoms with E-state index in [1.165, 1.54) is 0 Å². The molecule has 0 aliphatic rings. The Morgan fingerprint density at radius 3 is 2.00 bits per heavy atom. The molecule has 0 unspecified atom stereocenters. The van der Waals surface area contributed by atoms with Crippen LogP contribution in [0.3, 0.4) is 0 Å². The number of carbonyl (C=O) groups is 1. The van der Waals surface area contributed by atoms with Crippen molar-refractivity contribution in [2.45, 2.75) is 6.92 Å². The first-order valence-corrected chi connectivity index (χ1v) is 7.95. The van der Waals surface area contributed by atoms with Crippen molar-refractivity contribution in [1.82, 2.24) is 0 Å². The molecule has 0 aliphatic carbocycles. The summed E-state index contributed by atoms with van der Waals surface area (Å²) in [5.74, 6) is 0.0269. The predicted molar refractivity (Wildman–Crippen MR) is 82.5 cm³/mol. The van der Waals surface area contributed by atoms with Crippen molar-refractivity contribution in [2.24, 2.45) is 0 Å². The van der Waals surface area contributed by atoms with Crippen molar-refractivity contribution in [3.63, 3.8) is 0 Å². The van der Waals surface area contributed by atoms with Gasteiger partial charge in [0.05, 0.1) is 0 Å². The van der Waals surface area contributed by atoms with Gasteiger partial charge in [-0.25, -0.2) is 0 Å². The number of ketones is 1. The zero-order valence-electron chi connectivity index (χ0n) is 10.9. The molecule has 2 nitrogen and oxygen atoms in total. The van der Waals surface area contributed by atoms with Crippen molar-refractivity contribution in [1.29, 1.82) is 5.26 Å². The van der Waals surface area contributed by atoms with Crippen molar-refractivity contribution < 1.29 is 4.79 Å². The quantitative estimate of drug-likeness (QED) is 0.413. The number of nitriles is 1. The van der Waals surface area contributed by atoms with Crippen LogP contribution in [-0.2, 0) is 0 Å². The van der Waals surface area contributed by atoms with Crippen molar-refractivity contribution >= 4 is 46.7 Å². The number of Topliss-reactive ketones (excluding diaryl/α,β-unsaturated/α-hetero) is 1. The molecule has 3 aromatic carbocycles. The molecule has 0 aromatic heterocycles. The SMILES string of the molecule is CC(=O)c1c([Se]C#N)c2ccccc2c2ccccc12. The molecule has 0 amide bonds. The standard InChI is InChI=1S/C17H11NOSe/c1-11(19)16-14-8-4-2-6-12(14)13-7-3-5-9-15(13)17(16)20-10-18/h2-9H,1H3. The Morgan fingerprint density at radius 2 is 1.45 bits per heavy atom. The van der Waals surface area contributed by atoms with Crippen molar-refractivity contribution in [3.8, 4) is 4.97 Å². The number of hydrogen-bond donors (Lipinski definition) is 0. The first-order valence-electron chi connectivity index (χ1n) is 6.24. The Hall–Kier alpha value is -2.14. The van der Waals surface area contributed by atoms with E-state index in [9.17, 15) is 4.79 Å². The van der Waals surface area contributed by atoms with E-state index >= 15 is 0 Å². The molecule has 3 aromatic rings. The molecule has 3 rings (SSSR count). The van der Waals surface area contributed by atoms with Crippen LogP contribution in [0.5, 0.6) is 0 Å². The van der Waals surface area contributed by atoms with Crippen LogP contribution in [0.15, 0.2) is 48.5 Å². The van der Waals surface area contributed by atoms with E-state index in [0.29, 0.717) is 5.56 Å². The Labute approximate surface area is 123 Å². The van der Waals surface area contributed by atoms with E-state index < -0.39 is 0 Å². The average molecular weight is 324 g/mol. The third kappa shape index (κ3) is 1.91. The normalized spacial score (nSPS) is 10.6. The molecule has 0 spiro atoms. The van der Waals surface area contributed by atoms with Crippen LogP contribution in [0, 0.1) is 10.2 Å². The minimum absolute atomic E-state index is 0.0269. The van der Waals surface area contributed by atoms with Gasteiger partial charge in [0.15, 0.2) is 0 Å². The van der Waals surface area contributed by atoms with Crippen molar-refractivity contribution in [3.05, 3.63) is 54.1 Å². The van der Waals surface area contributed by atoms with Gasteiger partial charge in [-0.05, 0) is 0 Å². The molecular weight excluding hydrogens is 313 g/mol. The minimum atomic E-state index is -0.357. The number of nitrogens with zero attached hydrogens (tertiary/aromatic N) is 1. The third-order valence-electron chi connectivity index (χ3n) is 3.39. The van der Waals surface area contributed by atoms with E-state index in [2.05, 4.69) is 11.0 Å². The summed E-state index contributed by atoms with van der Waals surface area (Å²) in [4.78, 5) is 14.3. The summed E-state index contributed by atoms with van der Waals surface area (Å²) >= 11 is -0.357. The van der Waals surface area contributed by atoms with Crippen LogP contribution in [0.4, 0.5) is 0 Å². The Morgan fingerprint density at radius 1 is 0.950 bits per heavy atom. The summed E-state index contributed by atoms with van der Waals surface area (Å²) in [6.45, 7) is 1.58. The molecule has 0 atom stereocenters. The summed E-state index contributed by atoms with van der Waals surface area (Å²) in [6, 6.07) is 15.9. The molecule has 3 heteroatoms. The van der Waals surface area contributed by atoms with Gasteiger partial charge in [0.25, 0.3) is 0 Å². The van der Waals surface area contributed by atoms with Crippen LogP contribution in [-0.4, -0.2) is 20.7 Å². The van der Waals surface area contributed by atoms with Crippen molar-refractivity contribution in [2.75, 3.05) is 0 Å². The van der Waals surface area contributed by atoms with Crippen LogP contribution in [0.2, 0.25) is 0 Å². The molecule has 0 aliphatic heterocycles. The van der Waals surface area contributed by atoms with Gasteiger partial charge in [-0.2, -0.15) is 0 Å². The molecule has 0 bridgehead atoms. The molecule has 20 heavy (non-hydrogen) atoms.